The number of nitrogens with one attached hydrogen (secondary N) is 1. The van der Waals surface area contributed by atoms with Gasteiger partial charge < -0.3 is 25.6 Å². The van der Waals surface area contributed by atoms with E-state index in [-0.39, 0.29) is 19.8 Å². The lowest BCUT2D eigenvalue weighted by molar-refractivity contribution is -0.140. The molecule has 0 spiro atoms. The van der Waals surface area contributed by atoms with Crippen molar-refractivity contribution < 1.29 is 24.2 Å². The summed E-state index contributed by atoms with van der Waals surface area (Å²) >= 11 is 0. The van der Waals surface area contributed by atoms with Crippen LogP contribution in [0.2, 0.25) is 0 Å². The van der Waals surface area contributed by atoms with Crippen molar-refractivity contribution in [1.29, 1.82) is 0 Å². The fourth-order valence-electron chi connectivity index (χ4n) is 0.681. The number of nitrogens with two attached hydrogens (primary N) is 1. The van der Waals surface area contributed by atoms with E-state index in [4.69, 9.17) is 15.6 Å². The van der Waals surface area contributed by atoms with Gasteiger partial charge in [-0.2, -0.15) is 0 Å². The Hall–Kier alpha value is -1.60. The van der Waals surface area contributed by atoms with Crippen LogP contribution in [0, 0.1) is 0 Å². The molecule has 16 heavy (non-hydrogen) atoms. The molecule has 0 heterocycles. The van der Waals surface area contributed by atoms with Crippen LogP contribution in [0.5, 0.6) is 0 Å². The van der Waals surface area contributed by atoms with Crippen LogP contribution in [0.25, 0.3) is 0 Å². The predicted molar refractivity (Wildman–Crippen MR) is 56.0 cm³/mol. The molecule has 0 fully saturated rings. The molecular formula is C9H16N2O5. The summed E-state index contributed by atoms with van der Waals surface area (Å²) in [6.07, 6.45) is 0.940. The third-order valence-electron chi connectivity index (χ3n) is 1.47. The van der Waals surface area contributed by atoms with Crippen LogP contribution in [0.1, 0.15) is 0 Å². The largest absolute Gasteiger partial charge is 0.480 e. The van der Waals surface area contributed by atoms with E-state index in [2.05, 4.69) is 16.6 Å². The smallest absolute Gasteiger partial charge is 0.407 e. The number of alkyl carbamates (subject to hydrolysis) is 1. The zero-order valence-electron chi connectivity index (χ0n) is 8.85. The minimum absolute atomic E-state index is 0.0370. The van der Waals surface area contributed by atoms with E-state index in [1.165, 1.54) is 6.08 Å². The predicted octanol–water partition coefficient (Wildman–Crippen LogP) is -0.673. The number of carboxylic acid groups (broad SMARTS) is 1. The van der Waals surface area contributed by atoms with Crippen LogP contribution in [0.4, 0.5) is 4.79 Å². The molecule has 1 amide bonds. The lowest BCUT2D eigenvalue weighted by Crippen LogP contribution is -2.35. The maximum atomic E-state index is 10.9. The molecule has 0 rings (SSSR count). The number of hydrogen-bond donors (Lipinski definition) is 3. The number of aliphatic carboxylic acids is 1. The van der Waals surface area contributed by atoms with Crippen LogP contribution in [0.15, 0.2) is 12.7 Å². The van der Waals surface area contributed by atoms with E-state index in [1.54, 1.807) is 0 Å². The van der Waals surface area contributed by atoms with E-state index in [1.807, 2.05) is 0 Å². The summed E-state index contributed by atoms with van der Waals surface area (Å²) in [5.74, 6) is -1.13. The average Bonchev–Trinajstić information content (AvgIpc) is 2.25. The van der Waals surface area contributed by atoms with Crippen LogP contribution >= 0.6 is 0 Å². The standard InChI is InChI=1S/C9H16N2O5/c1-2-3-11-9(14)16-5-4-15-6-7(10)8(12)13/h2,7H,1,3-6,10H2,(H,11,14)(H,12,13)/t7-/m0/s1. The number of hydrogen-bond acceptors (Lipinski definition) is 5. The van der Waals surface area contributed by atoms with Crippen LogP contribution in [0.3, 0.4) is 0 Å². The van der Waals surface area contributed by atoms with Crippen LogP contribution < -0.4 is 11.1 Å². The molecule has 0 radical (unpaired) electrons. The average molecular weight is 232 g/mol. The summed E-state index contributed by atoms with van der Waals surface area (Å²) < 4.78 is 9.56. The molecule has 7 heteroatoms. The monoisotopic (exact) mass is 232 g/mol. The zero-order chi connectivity index (χ0) is 12.4. The molecule has 0 aromatic carbocycles. The second kappa shape index (κ2) is 8.69. The molecule has 0 aliphatic rings. The van der Waals surface area contributed by atoms with Gasteiger partial charge in [0.25, 0.3) is 0 Å². The Morgan fingerprint density at radius 2 is 2.19 bits per heavy atom. The summed E-state index contributed by atoms with van der Waals surface area (Å²) in [6, 6.07) is -1.06. The Labute approximate surface area is 93.2 Å². The molecule has 0 aliphatic heterocycles. The summed E-state index contributed by atoms with van der Waals surface area (Å²) in [6.45, 7) is 3.76. The first-order valence-corrected chi connectivity index (χ1v) is 4.65. The van der Waals surface area contributed by atoms with Crippen molar-refractivity contribution in [3.63, 3.8) is 0 Å². The fourth-order valence-corrected chi connectivity index (χ4v) is 0.681. The molecule has 0 aromatic rings. The summed E-state index contributed by atoms with van der Waals surface area (Å²) in [4.78, 5) is 21.1. The van der Waals surface area contributed by atoms with E-state index in [0.717, 1.165) is 0 Å². The van der Waals surface area contributed by atoms with Crippen molar-refractivity contribution >= 4 is 12.1 Å². The summed E-state index contributed by atoms with van der Waals surface area (Å²) in [5, 5.41) is 10.8. The first kappa shape index (κ1) is 14.4. The van der Waals surface area contributed by atoms with Crippen molar-refractivity contribution in [2.24, 2.45) is 5.73 Å². The van der Waals surface area contributed by atoms with Crippen LogP contribution in [-0.4, -0.2) is 49.6 Å². The van der Waals surface area contributed by atoms with Gasteiger partial charge in [-0.25, -0.2) is 4.79 Å². The quantitative estimate of drug-likeness (QED) is 0.378. The molecule has 7 nitrogen and oxygen atoms in total. The third kappa shape index (κ3) is 7.77. The normalized spacial score (nSPS) is 11.6. The molecule has 4 N–H and O–H groups in total. The van der Waals surface area contributed by atoms with Gasteiger partial charge >= 0.3 is 12.1 Å². The summed E-state index contributed by atoms with van der Waals surface area (Å²) in [7, 11) is 0. The number of amides is 1. The van der Waals surface area contributed by atoms with Crippen molar-refractivity contribution in [3.8, 4) is 0 Å². The molecule has 92 valence electrons. The highest BCUT2D eigenvalue weighted by molar-refractivity contribution is 5.73. The minimum Gasteiger partial charge on any atom is -0.480 e. The molecule has 0 saturated heterocycles. The Bertz CT molecular complexity index is 244. The maximum absolute atomic E-state index is 10.9. The maximum Gasteiger partial charge on any atom is 0.407 e. The van der Waals surface area contributed by atoms with Gasteiger partial charge in [0, 0.05) is 6.54 Å². The van der Waals surface area contributed by atoms with E-state index < -0.39 is 18.1 Å². The lowest BCUT2D eigenvalue weighted by atomic mass is 10.3. The van der Waals surface area contributed by atoms with Crippen molar-refractivity contribution in [2.75, 3.05) is 26.4 Å². The molecule has 0 saturated carbocycles. The molecule has 0 bridgehead atoms. The topological polar surface area (TPSA) is 111 Å². The second-order valence-electron chi connectivity index (χ2n) is 2.83. The third-order valence-corrected chi connectivity index (χ3v) is 1.47. The van der Waals surface area contributed by atoms with Gasteiger partial charge in [-0.3, -0.25) is 4.79 Å². The fraction of sp³-hybridized carbons (Fsp3) is 0.556. The van der Waals surface area contributed by atoms with E-state index >= 15 is 0 Å². The summed E-state index contributed by atoms with van der Waals surface area (Å²) in [5.41, 5.74) is 5.17. The van der Waals surface area contributed by atoms with Gasteiger partial charge in [0.2, 0.25) is 0 Å². The highest BCUT2D eigenvalue weighted by Crippen LogP contribution is 1.84. The zero-order valence-corrected chi connectivity index (χ0v) is 8.85. The van der Waals surface area contributed by atoms with Crippen molar-refractivity contribution in [3.05, 3.63) is 12.7 Å². The first-order valence-electron chi connectivity index (χ1n) is 4.65. The molecule has 0 aliphatic carbocycles. The highest BCUT2D eigenvalue weighted by atomic mass is 16.6. The van der Waals surface area contributed by atoms with Crippen molar-refractivity contribution in [2.45, 2.75) is 6.04 Å². The Balaban J connectivity index is 3.36. The van der Waals surface area contributed by atoms with Gasteiger partial charge in [-0.15, -0.1) is 6.58 Å². The Morgan fingerprint density at radius 1 is 1.50 bits per heavy atom. The van der Waals surface area contributed by atoms with Crippen LogP contribution in [-0.2, 0) is 14.3 Å². The number of rotatable bonds is 8. The molecule has 0 unspecified atom stereocenters. The lowest BCUT2D eigenvalue weighted by Gasteiger charge is -2.08. The SMILES string of the molecule is C=CCNC(=O)OCCOC[C@H](N)C(=O)O. The molecule has 1 atom stereocenters. The van der Waals surface area contributed by atoms with Gasteiger partial charge in [0.05, 0.1) is 13.2 Å². The Morgan fingerprint density at radius 3 is 2.75 bits per heavy atom. The number of ether oxygens (including phenoxy) is 2. The Kier molecular flexibility index (Phi) is 7.82. The second-order valence-corrected chi connectivity index (χ2v) is 2.83. The first-order chi connectivity index (χ1) is 7.57. The number of carboxylic acids is 1. The van der Waals surface area contributed by atoms with Gasteiger partial charge in [0.15, 0.2) is 0 Å². The van der Waals surface area contributed by atoms with E-state index in [0.29, 0.717) is 6.54 Å². The minimum atomic E-state index is -1.13. The molecule has 0 aromatic heterocycles. The van der Waals surface area contributed by atoms with Gasteiger partial charge in [-0.1, -0.05) is 6.08 Å². The highest BCUT2D eigenvalue weighted by Gasteiger charge is 2.10. The molecular weight excluding hydrogens is 216 g/mol. The van der Waals surface area contributed by atoms with Gasteiger partial charge in [-0.05, 0) is 0 Å². The number of carbonyl (C=O) groups is 2. The number of carbonyl (C=O) groups excluding carboxylic acids is 1. The van der Waals surface area contributed by atoms with E-state index in [9.17, 15) is 9.59 Å². The van der Waals surface area contributed by atoms with Crippen molar-refractivity contribution in [1.82, 2.24) is 5.32 Å². The van der Waals surface area contributed by atoms with Gasteiger partial charge in [0.1, 0.15) is 12.6 Å².